The lowest BCUT2D eigenvalue weighted by Gasteiger charge is -2.16. The first-order valence-electron chi connectivity index (χ1n) is 8.30. The lowest BCUT2D eigenvalue weighted by Crippen LogP contribution is -2.24. The van der Waals surface area contributed by atoms with Crippen LogP contribution in [0.3, 0.4) is 0 Å². The fourth-order valence-corrected chi connectivity index (χ4v) is 3.43. The standard InChI is InChI=1S/C20H19N3O2/c1-25-11-13-3-5-18-16(13)7-14(9-22-18)12-2-4-15-17(6-12)19(8-21)23-10-20(15)24/h2-4,6-7,9H,5,8,10-11,21H2,1H3. The van der Waals surface area contributed by atoms with Crippen LogP contribution in [0.15, 0.2) is 41.5 Å². The molecule has 0 saturated heterocycles. The van der Waals surface area contributed by atoms with E-state index < -0.39 is 0 Å². The van der Waals surface area contributed by atoms with Gasteiger partial charge in [-0.05, 0) is 23.3 Å². The number of hydrogen-bond donors (Lipinski definition) is 1. The zero-order valence-corrected chi connectivity index (χ0v) is 14.1. The maximum absolute atomic E-state index is 12.1. The van der Waals surface area contributed by atoms with Gasteiger partial charge in [-0.3, -0.25) is 14.8 Å². The van der Waals surface area contributed by atoms with Crippen LogP contribution in [0.5, 0.6) is 0 Å². The van der Waals surface area contributed by atoms with E-state index in [-0.39, 0.29) is 12.3 Å². The minimum Gasteiger partial charge on any atom is -0.380 e. The summed E-state index contributed by atoms with van der Waals surface area (Å²) in [4.78, 5) is 21.0. The molecule has 0 spiro atoms. The van der Waals surface area contributed by atoms with Gasteiger partial charge in [0.25, 0.3) is 0 Å². The Morgan fingerprint density at radius 2 is 2.00 bits per heavy atom. The van der Waals surface area contributed by atoms with E-state index in [2.05, 4.69) is 22.1 Å². The van der Waals surface area contributed by atoms with Crippen molar-refractivity contribution >= 4 is 17.1 Å². The van der Waals surface area contributed by atoms with Crippen molar-refractivity contribution in [1.29, 1.82) is 0 Å². The molecule has 1 aliphatic carbocycles. The van der Waals surface area contributed by atoms with Gasteiger partial charge in [0.2, 0.25) is 0 Å². The number of Topliss-reactive ketones (excluding diaryl/α,β-unsaturated/α-hetero) is 1. The summed E-state index contributed by atoms with van der Waals surface area (Å²) in [6, 6.07) is 7.98. The van der Waals surface area contributed by atoms with Crippen molar-refractivity contribution in [2.75, 3.05) is 26.8 Å². The number of hydrogen-bond acceptors (Lipinski definition) is 5. The molecule has 2 heterocycles. The van der Waals surface area contributed by atoms with Gasteiger partial charge in [-0.15, -0.1) is 0 Å². The highest BCUT2D eigenvalue weighted by Crippen LogP contribution is 2.31. The molecule has 5 nitrogen and oxygen atoms in total. The van der Waals surface area contributed by atoms with Crippen LogP contribution in [0.1, 0.15) is 27.2 Å². The molecule has 5 heteroatoms. The molecule has 1 aromatic carbocycles. The van der Waals surface area contributed by atoms with Gasteiger partial charge < -0.3 is 10.5 Å². The lowest BCUT2D eigenvalue weighted by molar-refractivity contribution is 0.1000. The van der Waals surface area contributed by atoms with Gasteiger partial charge in [-0.1, -0.05) is 18.2 Å². The smallest absolute Gasteiger partial charge is 0.184 e. The SMILES string of the molecule is COCC1=CCc2ncc(-c3ccc4c(c3)C(CN)=NCC4=O)cc21. The first-order chi connectivity index (χ1) is 12.2. The molecular formula is C20H19N3O2. The molecule has 4 rings (SSSR count). The van der Waals surface area contributed by atoms with Crippen molar-refractivity contribution in [2.24, 2.45) is 10.7 Å². The van der Waals surface area contributed by atoms with Crippen molar-refractivity contribution in [3.8, 4) is 11.1 Å². The number of carbonyl (C=O) groups excluding carboxylic acids is 1. The molecule has 0 atom stereocenters. The van der Waals surface area contributed by atoms with Gasteiger partial charge in [-0.25, -0.2) is 0 Å². The summed E-state index contributed by atoms with van der Waals surface area (Å²) < 4.78 is 5.28. The second-order valence-corrected chi connectivity index (χ2v) is 6.24. The molecule has 2 aromatic rings. The third-order valence-corrected chi connectivity index (χ3v) is 4.73. The minimum atomic E-state index is 0.0381. The van der Waals surface area contributed by atoms with Crippen LogP contribution in [0.2, 0.25) is 0 Å². The summed E-state index contributed by atoms with van der Waals surface area (Å²) in [5.74, 6) is 0.0381. The second-order valence-electron chi connectivity index (χ2n) is 6.24. The average Bonchev–Trinajstić information content (AvgIpc) is 3.04. The summed E-state index contributed by atoms with van der Waals surface area (Å²) in [6.45, 7) is 1.10. The highest BCUT2D eigenvalue weighted by molar-refractivity contribution is 6.16. The Bertz CT molecular complexity index is 929. The Hall–Kier alpha value is -2.63. The maximum Gasteiger partial charge on any atom is 0.184 e. The summed E-state index contributed by atoms with van der Waals surface area (Å²) in [6.07, 6.45) is 4.89. The topological polar surface area (TPSA) is 77.6 Å². The monoisotopic (exact) mass is 333 g/mol. The van der Waals surface area contributed by atoms with Crippen molar-refractivity contribution < 1.29 is 9.53 Å². The number of pyridine rings is 1. The third kappa shape index (κ3) is 2.71. The van der Waals surface area contributed by atoms with Crippen LogP contribution in [-0.4, -0.2) is 43.3 Å². The highest BCUT2D eigenvalue weighted by atomic mass is 16.5. The first kappa shape index (κ1) is 15.9. The molecule has 0 saturated carbocycles. The molecule has 2 aliphatic rings. The number of benzene rings is 1. The molecule has 0 radical (unpaired) electrons. The van der Waals surface area contributed by atoms with Crippen molar-refractivity contribution in [3.63, 3.8) is 0 Å². The van der Waals surface area contributed by atoms with E-state index in [0.29, 0.717) is 18.7 Å². The summed E-state index contributed by atoms with van der Waals surface area (Å²) >= 11 is 0. The van der Waals surface area contributed by atoms with Crippen molar-refractivity contribution in [3.05, 3.63) is 58.9 Å². The molecule has 2 N–H and O–H groups in total. The lowest BCUT2D eigenvalue weighted by atomic mass is 9.92. The number of allylic oxidation sites excluding steroid dienone is 1. The number of nitrogens with two attached hydrogens (primary N) is 1. The minimum absolute atomic E-state index is 0.0381. The number of nitrogens with zero attached hydrogens (tertiary/aromatic N) is 2. The molecule has 126 valence electrons. The van der Waals surface area contributed by atoms with Gasteiger partial charge in [-0.2, -0.15) is 0 Å². The van der Waals surface area contributed by atoms with E-state index in [4.69, 9.17) is 10.5 Å². The Labute approximate surface area is 146 Å². The van der Waals surface area contributed by atoms with Crippen LogP contribution in [0, 0.1) is 0 Å². The molecule has 0 unspecified atom stereocenters. The summed E-state index contributed by atoms with van der Waals surface area (Å²) in [5.41, 5.74) is 13.5. The predicted molar refractivity (Wildman–Crippen MR) is 98.0 cm³/mol. The second kappa shape index (κ2) is 6.35. The van der Waals surface area contributed by atoms with Gasteiger partial charge in [0.15, 0.2) is 5.78 Å². The Morgan fingerprint density at radius 1 is 1.16 bits per heavy atom. The predicted octanol–water partition coefficient (Wildman–Crippen LogP) is 2.28. The van der Waals surface area contributed by atoms with Crippen LogP contribution in [-0.2, 0) is 11.2 Å². The molecule has 1 aromatic heterocycles. The first-order valence-corrected chi connectivity index (χ1v) is 8.30. The van der Waals surface area contributed by atoms with Crippen molar-refractivity contribution in [1.82, 2.24) is 4.98 Å². The number of ether oxygens (including phenoxy) is 1. The number of fused-ring (bicyclic) bond motifs is 2. The van der Waals surface area contributed by atoms with E-state index in [9.17, 15) is 4.79 Å². The van der Waals surface area contributed by atoms with Crippen molar-refractivity contribution in [2.45, 2.75) is 6.42 Å². The Morgan fingerprint density at radius 3 is 2.80 bits per heavy atom. The molecule has 25 heavy (non-hydrogen) atoms. The van der Waals surface area contributed by atoms with E-state index in [1.54, 1.807) is 7.11 Å². The molecule has 0 fully saturated rings. The number of aromatic nitrogens is 1. The van der Waals surface area contributed by atoms with Gasteiger partial charge in [0.05, 0.1) is 18.0 Å². The number of methoxy groups -OCH3 is 1. The average molecular weight is 333 g/mol. The van der Waals surface area contributed by atoms with Crippen LogP contribution >= 0.6 is 0 Å². The van der Waals surface area contributed by atoms with E-state index in [1.165, 1.54) is 5.57 Å². The molecular weight excluding hydrogens is 314 g/mol. The van der Waals surface area contributed by atoms with Gasteiger partial charge in [0.1, 0.15) is 6.54 Å². The zero-order valence-electron chi connectivity index (χ0n) is 14.1. The van der Waals surface area contributed by atoms with Crippen LogP contribution < -0.4 is 5.73 Å². The molecule has 0 bridgehead atoms. The normalized spacial score (nSPS) is 15.5. The summed E-state index contributed by atoms with van der Waals surface area (Å²) in [5, 5.41) is 0. The quantitative estimate of drug-likeness (QED) is 0.931. The molecule has 1 aliphatic heterocycles. The zero-order chi connectivity index (χ0) is 17.4. The fraction of sp³-hybridized carbons (Fsp3) is 0.250. The van der Waals surface area contributed by atoms with Gasteiger partial charge in [0, 0.05) is 48.5 Å². The van der Waals surface area contributed by atoms with Crippen LogP contribution in [0.4, 0.5) is 0 Å². The number of ketones is 1. The van der Waals surface area contributed by atoms with E-state index >= 15 is 0 Å². The summed E-state index contributed by atoms with van der Waals surface area (Å²) in [7, 11) is 1.70. The van der Waals surface area contributed by atoms with Crippen LogP contribution in [0.25, 0.3) is 16.7 Å². The Balaban J connectivity index is 1.77. The number of carbonyl (C=O) groups is 1. The third-order valence-electron chi connectivity index (χ3n) is 4.73. The van der Waals surface area contributed by atoms with E-state index in [1.807, 2.05) is 24.4 Å². The largest absolute Gasteiger partial charge is 0.380 e. The van der Waals surface area contributed by atoms with Gasteiger partial charge >= 0.3 is 0 Å². The number of aliphatic imine (C=N–C) groups is 1. The highest BCUT2D eigenvalue weighted by Gasteiger charge is 2.21. The van der Waals surface area contributed by atoms with E-state index in [0.717, 1.165) is 40.1 Å². The molecule has 0 amide bonds. The fourth-order valence-electron chi connectivity index (χ4n) is 3.43. The maximum atomic E-state index is 12.1. The number of rotatable bonds is 4. The Kier molecular flexibility index (Phi) is 4.03.